The maximum Gasteiger partial charge on any atom is 0.156 e. The highest BCUT2D eigenvalue weighted by atomic mass is 32.1. The topological polar surface area (TPSA) is 18.5 Å². The van der Waals surface area contributed by atoms with Gasteiger partial charge in [-0.2, -0.15) is 0 Å². The van der Waals surface area contributed by atoms with Crippen LogP contribution in [0.4, 0.5) is 0 Å². The molecule has 0 amide bonds. The molecule has 0 fully saturated rings. The highest BCUT2D eigenvalue weighted by Crippen LogP contribution is 1.99. The van der Waals surface area contributed by atoms with Crippen LogP contribution in [0, 0.1) is 0 Å². The lowest BCUT2D eigenvalue weighted by Gasteiger charge is -2.05. The molecule has 0 bridgehead atoms. The van der Waals surface area contributed by atoms with Gasteiger partial charge in [0.05, 0.1) is 13.2 Å². The van der Waals surface area contributed by atoms with Gasteiger partial charge in [0.1, 0.15) is 6.61 Å². The van der Waals surface area contributed by atoms with Crippen LogP contribution >= 0.6 is 12.2 Å². The van der Waals surface area contributed by atoms with E-state index in [9.17, 15) is 0 Å². The molecule has 0 aliphatic heterocycles. The fourth-order valence-electron chi connectivity index (χ4n) is 1.01. The van der Waals surface area contributed by atoms with Crippen molar-refractivity contribution in [2.45, 2.75) is 13.5 Å². The van der Waals surface area contributed by atoms with Crippen LogP contribution in [0.3, 0.4) is 0 Å². The first-order valence-corrected chi connectivity index (χ1v) is 4.95. The Morgan fingerprint density at radius 1 is 1.21 bits per heavy atom. The van der Waals surface area contributed by atoms with E-state index in [4.69, 9.17) is 21.7 Å². The summed E-state index contributed by atoms with van der Waals surface area (Å²) in [5.74, 6) is 0. The quantitative estimate of drug-likeness (QED) is 0.549. The van der Waals surface area contributed by atoms with E-state index in [0.717, 1.165) is 0 Å². The molecule has 0 spiro atoms. The second-order valence-electron chi connectivity index (χ2n) is 2.88. The fraction of sp³-hybridized carbons (Fsp3) is 0.364. The molecule has 0 saturated carbocycles. The Labute approximate surface area is 89.8 Å². The van der Waals surface area contributed by atoms with Gasteiger partial charge in [-0.1, -0.05) is 30.3 Å². The number of hydrogen-bond acceptors (Lipinski definition) is 3. The van der Waals surface area contributed by atoms with Crippen molar-refractivity contribution in [3.63, 3.8) is 0 Å². The van der Waals surface area contributed by atoms with Gasteiger partial charge in [0.25, 0.3) is 0 Å². The van der Waals surface area contributed by atoms with Gasteiger partial charge < -0.3 is 9.47 Å². The molecular formula is C11H14O2S. The molecule has 1 rings (SSSR count). The van der Waals surface area contributed by atoms with Crippen LogP contribution in [0.15, 0.2) is 30.3 Å². The Morgan fingerprint density at radius 3 is 2.57 bits per heavy atom. The average Bonchev–Trinajstić information content (AvgIpc) is 2.18. The van der Waals surface area contributed by atoms with E-state index in [0.29, 0.717) is 24.9 Å². The summed E-state index contributed by atoms with van der Waals surface area (Å²) in [6, 6.07) is 10.0. The largest absolute Gasteiger partial charge is 0.485 e. The minimum atomic E-state index is 0.530. The number of benzene rings is 1. The maximum absolute atomic E-state index is 5.39. The summed E-state index contributed by atoms with van der Waals surface area (Å²) in [6.45, 7) is 3.48. The van der Waals surface area contributed by atoms with Crippen LogP contribution in [0.2, 0.25) is 0 Å². The molecule has 14 heavy (non-hydrogen) atoms. The van der Waals surface area contributed by atoms with E-state index in [-0.39, 0.29) is 0 Å². The van der Waals surface area contributed by atoms with Crippen molar-refractivity contribution >= 4 is 17.3 Å². The Balaban J connectivity index is 2.08. The van der Waals surface area contributed by atoms with Gasteiger partial charge in [0.2, 0.25) is 0 Å². The lowest BCUT2D eigenvalue weighted by molar-refractivity contribution is 0.0864. The molecule has 0 aliphatic carbocycles. The summed E-state index contributed by atoms with van der Waals surface area (Å²) >= 11 is 4.76. The van der Waals surface area contributed by atoms with Crippen LogP contribution in [0.1, 0.15) is 12.5 Å². The first-order chi connectivity index (χ1) is 6.79. The van der Waals surface area contributed by atoms with Gasteiger partial charge >= 0.3 is 0 Å². The molecule has 1 aromatic carbocycles. The number of rotatable bonds is 5. The Bertz CT molecular complexity index is 272. The van der Waals surface area contributed by atoms with Gasteiger partial charge in [-0.05, 0) is 17.8 Å². The van der Waals surface area contributed by atoms with Crippen LogP contribution in [-0.4, -0.2) is 18.3 Å². The standard InChI is InChI=1S/C11H14O2S/c1-10(14)13-8-7-12-9-11-5-3-2-4-6-11/h2-6H,7-9H2,1H3. The Morgan fingerprint density at radius 2 is 1.93 bits per heavy atom. The first-order valence-electron chi connectivity index (χ1n) is 4.54. The van der Waals surface area contributed by atoms with Crippen LogP contribution in [0.25, 0.3) is 0 Å². The molecule has 0 radical (unpaired) electrons. The molecule has 0 saturated heterocycles. The van der Waals surface area contributed by atoms with Crippen molar-refractivity contribution in [3.05, 3.63) is 35.9 Å². The van der Waals surface area contributed by atoms with Crippen LogP contribution in [-0.2, 0) is 16.1 Å². The first kappa shape index (κ1) is 11.1. The van der Waals surface area contributed by atoms with Gasteiger partial charge in [0, 0.05) is 6.92 Å². The molecule has 0 heterocycles. The lowest BCUT2D eigenvalue weighted by Crippen LogP contribution is -2.06. The van der Waals surface area contributed by atoms with E-state index >= 15 is 0 Å². The third-order valence-corrected chi connectivity index (χ3v) is 1.76. The van der Waals surface area contributed by atoms with Crippen molar-refractivity contribution in [1.29, 1.82) is 0 Å². The molecule has 0 aliphatic rings. The summed E-state index contributed by atoms with van der Waals surface area (Å²) < 4.78 is 10.5. The van der Waals surface area contributed by atoms with Gasteiger partial charge in [-0.15, -0.1) is 0 Å². The smallest absolute Gasteiger partial charge is 0.156 e. The summed E-state index contributed by atoms with van der Waals surface area (Å²) in [6.07, 6.45) is 0. The zero-order valence-corrected chi connectivity index (χ0v) is 9.05. The second kappa shape index (κ2) is 6.51. The average molecular weight is 210 g/mol. The van der Waals surface area contributed by atoms with Crippen molar-refractivity contribution in [2.75, 3.05) is 13.2 Å². The minimum absolute atomic E-state index is 0.530. The van der Waals surface area contributed by atoms with E-state index in [2.05, 4.69) is 0 Å². The third kappa shape index (κ3) is 4.94. The van der Waals surface area contributed by atoms with Gasteiger partial charge in [0.15, 0.2) is 5.05 Å². The van der Waals surface area contributed by atoms with E-state index in [1.165, 1.54) is 5.56 Å². The van der Waals surface area contributed by atoms with E-state index in [1.54, 1.807) is 6.92 Å². The molecule has 0 N–H and O–H groups in total. The summed E-state index contributed by atoms with van der Waals surface area (Å²) in [7, 11) is 0. The van der Waals surface area contributed by atoms with Crippen molar-refractivity contribution in [3.8, 4) is 0 Å². The maximum atomic E-state index is 5.39. The number of hydrogen-bond donors (Lipinski definition) is 0. The molecule has 3 heteroatoms. The second-order valence-corrected chi connectivity index (χ2v) is 3.45. The number of ether oxygens (including phenoxy) is 2. The molecule has 0 atom stereocenters. The van der Waals surface area contributed by atoms with Crippen LogP contribution < -0.4 is 0 Å². The van der Waals surface area contributed by atoms with Crippen molar-refractivity contribution < 1.29 is 9.47 Å². The monoisotopic (exact) mass is 210 g/mol. The van der Waals surface area contributed by atoms with Crippen molar-refractivity contribution in [1.82, 2.24) is 0 Å². The lowest BCUT2D eigenvalue weighted by atomic mass is 10.2. The molecule has 0 aromatic heterocycles. The summed E-state index contributed by atoms with van der Waals surface area (Å²) in [5, 5.41) is 0.563. The SMILES string of the molecule is CC(=S)OCCOCc1ccccc1. The Kier molecular flexibility index (Phi) is 5.19. The highest BCUT2D eigenvalue weighted by Gasteiger charge is 1.92. The predicted octanol–water partition coefficient (Wildman–Crippen LogP) is 2.57. The fourth-order valence-corrected chi connectivity index (χ4v) is 1.09. The highest BCUT2D eigenvalue weighted by molar-refractivity contribution is 7.80. The minimum Gasteiger partial charge on any atom is -0.485 e. The van der Waals surface area contributed by atoms with Gasteiger partial charge in [-0.3, -0.25) is 0 Å². The van der Waals surface area contributed by atoms with Gasteiger partial charge in [-0.25, -0.2) is 0 Å². The predicted molar refractivity (Wildman–Crippen MR) is 60.3 cm³/mol. The molecule has 0 unspecified atom stereocenters. The third-order valence-electron chi connectivity index (χ3n) is 1.64. The molecular weight excluding hydrogens is 196 g/mol. The Hall–Kier alpha value is -0.930. The normalized spacial score (nSPS) is 9.79. The number of thiocarbonyl (C=S) groups is 1. The summed E-state index contributed by atoms with van der Waals surface area (Å²) in [5.41, 5.74) is 1.17. The van der Waals surface area contributed by atoms with Crippen molar-refractivity contribution in [2.24, 2.45) is 0 Å². The van der Waals surface area contributed by atoms with Crippen LogP contribution in [0.5, 0.6) is 0 Å². The van der Waals surface area contributed by atoms with E-state index < -0.39 is 0 Å². The summed E-state index contributed by atoms with van der Waals surface area (Å²) in [4.78, 5) is 0. The van der Waals surface area contributed by atoms with E-state index in [1.807, 2.05) is 30.3 Å². The zero-order valence-electron chi connectivity index (χ0n) is 8.23. The molecule has 1 aromatic rings. The molecule has 76 valence electrons. The zero-order chi connectivity index (χ0) is 10.2. The molecule has 2 nitrogen and oxygen atoms in total.